The SMILES string of the molecule is Cc1cccc(NC(=O)Nc2nc3ccc(S(C)(=O)=O)cc3s2)c1. The first kappa shape index (κ1) is 16.4. The summed E-state index contributed by atoms with van der Waals surface area (Å²) in [6.07, 6.45) is 1.16. The van der Waals surface area contributed by atoms with Gasteiger partial charge in [-0.05, 0) is 42.8 Å². The number of fused-ring (bicyclic) bond motifs is 1. The van der Waals surface area contributed by atoms with Crippen LogP contribution in [-0.4, -0.2) is 25.7 Å². The largest absolute Gasteiger partial charge is 0.325 e. The Morgan fingerprint density at radius 3 is 2.62 bits per heavy atom. The quantitative estimate of drug-likeness (QED) is 0.745. The maximum absolute atomic E-state index is 12.0. The highest BCUT2D eigenvalue weighted by Crippen LogP contribution is 2.28. The fraction of sp³-hybridized carbons (Fsp3) is 0.125. The fourth-order valence-corrected chi connectivity index (χ4v) is 3.79. The molecule has 1 aromatic heterocycles. The van der Waals surface area contributed by atoms with Crippen molar-refractivity contribution in [2.75, 3.05) is 16.9 Å². The molecule has 0 fully saturated rings. The van der Waals surface area contributed by atoms with Gasteiger partial charge < -0.3 is 5.32 Å². The van der Waals surface area contributed by atoms with E-state index in [0.29, 0.717) is 21.0 Å². The first-order valence-electron chi connectivity index (χ1n) is 7.06. The Hall–Kier alpha value is -2.45. The molecule has 0 bridgehead atoms. The van der Waals surface area contributed by atoms with Gasteiger partial charge in [0, 0.05) is 11.9 Å². The van der Waals surface area contributed by atoms with Crippen molar-refractivity contribution in [3.8, 4) is 0 Å². The molecular weight excluding hydrogens is 346 g/mol. The summed E-state index contributed by atoms with van der Waals surface area (Å²) in [5.74, 6) is 0. The summed E-state index contributed by atoms with van der Waals surface area (Å²) in [5.41, 5.74) is 2.37. The van der Waals surface area contributed by atoms with Crippen molar-refractivity contribution >= 4 is 48.2 Å². The second-order valence-corrected chi connectivity index (χ2v) is 8.42. The highest BCUT2D eigenvalue weighted by molar-refractivity contribution is 7.90. The Labute approximate surface area is 143 Å². The maximum atomic E-state index is 12.0. The number of thiazole rings is 1. The molecule has 0 saturated carbocycles. The van der Waals surface area contributed by atoms with E-state index < -0.39 is 15.9 Å². The summed E-state index contributed by atoms with van der Waals surface area (Å²) in [7, 11) is -3.27. The third-order valence-electron chi connectivity index (χ3n) is 3.28. The van der Waals surface area contributed by atoms with Crippen molar-refractivity contribution in [3.05, 3.63) is 48.0 Å². The predicted molar refractivity (Wildman–Crippen MR) is 96.6 cm³/mol. The molecule has 0 aliphatic carbocycles. The summed E-state index contributed by atoms with van der Waals surface area (Å²) in [6, 6.07) is 11.7. The Bertz CT molecular complexity index is 1030. The van der Waals surface area contributed by atoms with Crippen molar-refractivity contribution in [3.63, 3.8) is 0 Å². The number of amides is 2. The zero-order valence-corrected chi connectivity index (χ0v) is 14.7. The zero-order valence-electron chi connectivity index (χ0n) is 13.0. The van der Waals surface area contributed by atoms with Crippen LogP contribution in [0.3, 0.4) is 0 Å². The molecule has 3 aromatic rings. The Kier molecular flexibility index (Phi) is 4.25. The molecule has 0 atom stereocenters. The normalized spacial score (nSPS) is 11.4. The number of sulfone groups is 1. The average Bonchev–Trinajstić information content (AvgIpc) is 2.87. The number of hydrogen-bond donors (Lipinski definition) is 2. The van der Waals surface area contributed by atoms with E-state index in [1.54, 1.807) is 18.2 Å². The number of benzene rings is 2. The second-order valence-electron chi connectivity index (χ2n) is 5.37. The van der Waals surface area contributed by atoms with E-state index >= 15 is 0 Å². The van der Waals surface area contributed by atoms with Gasteiger partial charge in [-0.2, -0.15) is 0 Å². The minimum atomic E-state index is -3.27. The van der Waals surface area contributed by atoms with Crippen LogP contribution in [0.1, 0.15) is 5.56 Å². The topological polar surface area (TPSA) is 88.2 Å². The fourth-order valence-electron chi connectivity index (χ4n) is 2.17. The monoisotopic (exact) mass is 361 g/mol. The van der Waals surface area contributed by atoms with Gasteiger partial charge in [-0.1, -0.05) is 23.5 Å². The van der Waals surface area contributed by atoms with Gasteiger partial charge >= 0.3 is 6.03 Å². The highest BCUT2D eigenvalue weighted by Gasteiger charge is 2.12. The number of nitrogens with zero attached hydrogens (tertiary/aromatic N) is 1. The lowest BCUT2D eigenvalue weighted by molar-refractivity contribution is 0.262. The van der Waals surface area contributed by atoms with Crippen LogP contribution in [0.4, 0.5) is 15.6 Å². The van der Waals surface area contributed by atoms with Crippen LogP contribution in [0.15, 0.2) is 47.4 Å². The van der Waals surface area contributed by atoms with Gasteiger partial charge in [-0.15, -0.1) is 0 Å². The second kappa shape index (κ2) is 6.21. The maximum Gasteiger partial charge on any atom is 0.325 e. The molecule has 8 heteroatoms. The summed E-state index contributed by atoms with van der Waals surface area (Å²) in [4.78, 5) is 16.6. The number of carbonyl (C=O) groups is 1. The first-order chi connectivity index (χ1) is 11.3. The van der Waals surface area contributed by atoms with Crippen LogP contribution >= 0.6 is 11.3 Å². The molecule has 0 aliphatic rings. The van der Waals surface area contributed by atoms with Gasteiger partial charge in [0.05, 0.1) is 15.1 Å². The number of urea groups is 1. The van der Waals surface area contributed by atoms with Gasteiger partial charge in [0.2, 0.25) is 0 Å². The Balaban J connectivity index is 1.79. The molecule has 124 valence electrons. The van der Waals surface area contributed by atoms with E-state index in [0.717, 1.165) is 11.8 Å². The molecule has 24 heavy (non-hydrogen) atoms. The molecule has 2 aromatic carbocycles. The Morgan fingerprint density at radius 1 is 1.12 bits per heavy atom. The van der Waals surface area contributed by atoms with Gasteiger partial charge in [0.15, 0.2) is 15.0 Å². The van der Waals surface area contributed by atoms with Crippen LogP contribution in [0.2, 0.25) is 0 Å². The van der Waals surface area contributed by atoms with Crippen molar-refractivity contribution in [1.29, 1.82) is 0 Å². The van der Waals surface area contributed by atoms with E-state index in [-0.39, 0.29) is 4.90 Å². The van der Waals surface area contributed by atoms with Crippen LogP contribution < -0.4 is 10.6 Å². The van der Waals surface area contributed by atoms with E-state index in [4.69, 9.17) is 0 Å². The molecule has 0 aliphatic heterocycles. The van der Waals surface area contributed by atoms with Crippen molar-refractivity contribution < 1.29 is 13.2 Å². The number of aromatic nitrogens is 1. The standard InChI is InChI=1S/C16H15N3O3S2/c1-10-4-3-5-11(8-10)17-15(20)19-16-18-13-7-6-12(24(2,21)22)9-14(13)23-16/h3-9H,1-2H3,(H2,17,18,19,20). The molecule has 2 amide bonds. The number of carbonyl (C=O) groups excluding carboxylic acids is 1. The zero-order chi connectivity index (χ0) is 17.3. The smallest absolute Gasteiger partial charge is 0.308 e. The molecule has 2 N–H and O–H groups in total. The van der Waals surface area contributed by atoms with Gasteiger partial charge in [-0.3, -0.25) is 5.32 Å². The van der Waals surface area contributed by atoms with E-state index in [2.05, 4.69) is 15.6 Å². The first-order valence-corrected chi connectivity index (χ1v) is 9.77. The van der Waals surface area contributed by atoms with Crippen molar-refractivity contribution in [2.24, 2.45) is 0 Å². The molecule has 0 unspecified atom stereocenters. The molecule has 3 rings (SSSR count). The van der Waals surface area contributed by atoms with Crippen LogP contribution in [0.5, 0.6) is 0 Å². The summed E-state index contributed by atoms with van der Waals surface area (Å²) in [5, 5.41) is 5.80. The van der Waals surface area contributed by atoms with Crippen LogP contribution in [0, 0.1) is 6.92 Å². The molecule has 1 heterocycles. The minimum Gasteiger partial charge on any atom is -0.308 e. The number of rotatable bonds is 3. The number of anilines is 2. The lowest BCUT2D eigenvalue weighted by Gasteiger charge is -2.05. The van der Waals surface area contributed by atoms with Crippen LogP contribution in [-0.2, 0) is 9.84 Å². The van der Waals surface area contributed by atoms with Crippen LogP contribution in [0.25, 0.3) is 10.2 Å². The summed E-state index contributed by atoms with van der Waals surface area (Å²) < 4.78 is 23.9. The Morgan fingerprint density at radius 2 is 1.92 bits per heavy atom. The lowest BCUT2D eigenvalue weighted by Crippen LogP contribution is -2.19. The summed E-state index contributed by atoms with van der Waals surface area (Å²) in [6.45, 7) is 1.94. The molecule has 0 radical (unpaired) electrons. The third kappa shape index (κ3) is 3.72. The van der Waals surface area contributed by atoms with E-state index in [1.165, 1.54) is 17.4 Å². The van der Waals surface area contributed by atoms with Gasteiger partial charge in [0.1, 0.15) is 0 Å². The van der Waals surface area contributed by atoms with Gasteiger partial charge in [-0.25, -0.2) is 18.2 Å². The van der Waals surface area contributed by atoms with E-state index in [9.17, 15) is 13.2 Å². The molecular formula is C16H15N3O3S2. The number of hydrogen-bond acceptors (Lipinski definition) is 5. The molecule has 0 spiro atoms. The minimum absolute atomic E-state index is 0.231. The third-order valence-corrected chi connectivity index (χ3v) is 5.33. The van der Waals surface area contributed by atoms with Gasteiger partial charge in [0.25, 0.3) is 0 Å². The molecule has 0 saturated heterocycles. The average molecular weight is 361 g/mol. The number of aryl methyl sites for hydroxylation is 1. The van der Waals surface area contributed by atoms with Crippen molar-refractivity contribution in [1.82, 2.24) is 4.98 Å². The predicted octanol–water partition coefficient (Wildman–Crippen LogP) is 3.65. The van der Waals surface area contributed by atoms with Crippen molar-refractivity contribution in [2.45, 2.75) is 11.8 Å². The van der Waals surface area contributed by atoms with E-state index in [1.807, 2.05) is 25.1 Å². The number of nitrogens with one attached hydrogen (secondary N) is 2. The highest BCUT2D eigenvalue weighted by atomic mass is 32.2. The summed E-state index contributed by atoms with van der Waals surface area (Å²) >= 11 is 1.22. The molecule has 6 nitrogen and oxygen atoms in total. The lowest BCUT2D eigenvalue weighted by atomic mass is 10.2.